The molecule has 0 radical (unpaired) electrons. The third kappa shape index (κ3) is 106. The molecule has 0 aliphatic heterocycles. The normalized spacial score (nSPS) is 6.77. The molecule has 0 aliphatic carbocycles. The average Bonchev–Trinajstić information content (AvgIpc) is 2.07. The number of hydrogen-bond donors (Lipinski definition) is 2. The first-order chi connectivity index (χ1) is 5.95. The molecule has 0 saturated carbocycles. The molecule has 7 heteroatoms. The van der Waals surface area contributed by atoms with Crippen LogP contribution in [0.15, 0.2) is 25.3 Å². The summed E-state index contributed by atoms with van der Waals surface area (Å²) < 4.78 is 4.53. The van der Waals surface area contributed by atoms with Gasteiger partial charge in [-0.05, 0) is 12.2 Å². The van der Waals surface area contributed by atoms with Crippen LogP contribution in [-0.4, -0.2) is 32.8 Å². The zero-order valence-electron chi connectivity index (χ0n) is 7.95. The van der Waals surface area contributed by atoms with Crippen LogP contribution in [0.2, 0.25) is 0 Å². The maximum Gasteiger partial charge on any atom is 0.240 e. The largest absolute Gasteiger partial charge is 0.471 e. The summed E-state index contributed by atoms with van der Waals surface area (Å²) in [6.07, 6.45) is 2.11. The van der Waals surface area contributed by atoms with E-state index in [0.29, 0.717) is 0 Å². The van der Waals surface area contributed by atoms with Gasteiger partial charge in [-0.3, -0.25) is 9.59 Å². The summed E-state index contributed by atoms with van der Waals surface area (Å²) in [5.41, 5.74) is 9.07. The molecule has 0 aliphatic rings. The van der Waals surface area contributed by atoms with Crippen LogP contribution in [0.25, 0.3) is 0 Å². The van der Waals surface area contributed by atoms with Crippen molar-refractivity contribution in [3.8, 4) is 0 Å². The minimum absolute atomic E-state index is 0.481. The Morgan fingerprint density at radius 3 is 1.15 bits per heavy atom. The Bertz CT molecular complexity index is 155. The van der Waals surface area contributed by atoms with E-state index in [0.717, 1.165) is 33.1 Å². The summed E-state index contributed by atoms with van der Waals surface area (Å²) in [5, 5.41) is 0. The van der Waals surface area contributed by atoms with Gasteiger partial charge in [-0.25, -0.2) is 0 Å². The number of rotatable bonds is 2. The average molecular weight is 220 g/mol. The van der Waals surface area contributed by atoms with Crippen molar-refractivity contribution in [1.29, 1.82) is 0 Å². The fourth-order valence-corrected chi connectivity index (χ4v) is 0. The summed E-state index contributed by atoms with van der Waals surface area (Å²) in [5.74, 6) is -0.963. The first-order valence-electron chi connectivity index (χ1n) is 3.20. The standard InChI is InChI=1S/2C3H5NO.H6OSi2/c2*1-2-3(4)5;2-1-3/h2*2H,1H2,(H2,4,5);2-3H3. The number of carbonyl (C=O) groups is 2. The lowest BCUT2D eigenvalue weighted by atomic mass is 10.6. The van der Waals surface area contributed by atoms with Crippen molar-refractivity contribution in [3.05, 3.63) is 25.3 Å². The Balaban J connectivity index is -0.000000120. The van der Waals surface area contributed by atoms with Crippen molar-refractivity contribution in [2.24, 2.45) is 11.5 Å². The second-order valence-corrected chi connectivity index (χ2v) is 4.89. The van der Waals surface area contributed by atoms with E-state index in [4.69, 9.17) is 0 Å². The van der Waals surface area contributed by atoms with E-state index in [1.165, 1.54) is 0 Å². The van der Waals surface area contributed by atoms with Gasteiger partial charge < -0.3 is 15.6 Å². The molecule has 13 heavy (non-hydrogen) atoms. The fourth-order valence-electron chi connectivity index (χ4n) is 0. The highest BCUT2D eigenvalue weighted by Gasteiger charge is 1.69. The van der Waals surface area contributed by atoms with Crippen LogP contribution in [0.1, 0.15) is 0 Å². The minimum Gasteiger partial charge on any atom is -0.471 e. The second-order valence-electron chi connectivity index (χ2n) is 1.62. The van der Waals surface area contributed by atoms with Crippen LogP contribution in [0.3, 0.4) is 0 Å². The van der Waals surface area contributed by atoms with Crippen molar-refractivity contribution >= 4 is 32.8 Å². The maximum atomic E-state index is 9.47. The smallest absolute Gasteiger partial charge is 0.240 e. The quantitative estimate of drug-likeness (QED) is 0.381. The number of carbonyl (C=O) groups excluding carboxylic acids is 2. The molecule has 5 nitrogen and oxygen atoms in total. The predicted molar refractivity (Wildman–Crippen MR) is 59.7 cm³/mol. The highest BCUT2D eigenvalue weighted by atomic mass is 28.3. The monoisotopic (exact) mass is 220 g/mol. The van der Waals surface area contributed by atoms with Gasteiger partial charge in [0.2, 0.25) is 11.8 Å². The van der Waals surface area contributed by atoms with E-state index in [1.54, 1.807) is 0 Å². The Hall–Kier alpha value is -1.19. The van der Waals surface area contributed by atoms with Crippen LogP contribution >= 0.6 is 0 Å². The van der Waals surface area contributed by atoms with Crippen LogP contribution in [0.4, 0.5) is 0 Å². The molecule has 0 atom stereocenters. The molecule has 4 N–H and O–H groups in total. The highest BCUT2D eigenvalue weighted by Crippen LogP contribution is 1.49. The Morgan fingerprint density at radius 1 is 1.08 bits per heavy atom. The summed E-state index contributed by atoms with van der Waals surface area (Å²) in [4.78, 5) is 18.9. The van der Waals surface area contributed by atoms with Gasteiger partial charge in [0.15, 0.2) is 0 Å². The molecule has 76 valence electrons. The van der Waals surface area contributed by atoms with Gasteiger partial charge >= 0.3 is 0 Å². The SMILES string of the molecule is C=CC(N)=O.C=CC(N)=O.[SiH3]O[SiH3]. The first kappa shape index (κ1) is 17.8. The molecule has 0 aromatic rings. The van der Waals surface area contributed by atoms with Crippen molar-refractivity contribution in [3.63, 3.8) is 0 Å². The summed E-state index contributed by atoms with van der Waals surface area (Å²) >= 11 is 0. The molecular weight excluding hydrogens is 204 g/mol. The summed E-state index contributed by atoms with van der Waals surface area (Å²) in [7, 11) is 1.86. The minimum atomic E-state index is -0.481. The highest BCUT2D eigenvalue weighted by molar-refractivity contribution is 6.15. The molecule has 0 unspecified atom stereocenters. The fraction of sp³-hybridized carbons (Fsp3) is 0. The van der Waals surface area contributed by atoms with Gasteiger partial charge in [0.25, 0.3) is 0 Å². The number of primary amides is 2. The zero-order valence-corrected chi connectivity index (χ0v) is 11.9. The van der Waals surface area contributed by atoms with Crippen molar-refractivity contribution in [2.45, 2.75) is 0 Å². The van der Waals surface area contributed by atoms with Gasteiger partial charge in [-0.1, -0.05) is 13.2 Å². The van der Waals surface area contributed by atoms with Crippen LogP contribution < -0.4 is 11.5 Å². The molecule has 2 amide bonds. The predicted octanol–water partition coefficient (Wildman–Crippen LogP) is -3.12. The lowest BCUT2D eigenvalue weighted by Gasteiger charge is -1.65. The van der Waals surface area contributed by atoms with Gasteiger partial charge in [-0.15, -0.1) is 0 Å². The van der Waals surface area contributed by atoms with E-state index in [2.05, 4.69) is 28.7 Å². The second kappa shape index (κ2) is 17.1. The molecule has 0 saturated heterocycles. The van der Waals surface area contributed by atoms with Gasteiger partial charge in [0, 0.05) is 0 Å². The van der Waals surface area contributed by atoms with E-state index >= 15 is 0 Å². The molecule has 0 bridgehead atoms. The van der Waals surface area contributed by atoms with Gasteiger partial charge in [-0.2, -0.15) is 0 Å². The Labute approximate surface area is 83.9 Å². The molecule has 0 rings (SSSR count). The zero-order chi connectivity index (χ0) is 11.3. The molecular formula is C6H16N2O3Si2. The third-order valence-corrected chi connectivity index (χ3v) is 0.402. The number of nitrogens with two attached hydrogens (primary N) is 2. The number of hydrogen-bond acceptors (Lipinski definition) is 3. The maximum absolute atomic E-state index is 9.47. The van der Waals surface area contributed by atoms with E-state index in [1.807, 2.05) is 0 Å². The van der Waals surface area contributed by atoms with Crippen LogP contribution in [0.5, 0.6) is 0 Å². The van der Waals surface area contributed by atoms with E-state index in [9.17, 15) is 9.59 Å². The summed E-state index contributed by atoms with van der Waals surface area (Å²) in [6, 6.07) is 0. The Morgan fingerprint density at radius 2 is 1.15 bits per heavy atom. The van der Waals surface area contributed by atoms with Crippen molar-refractivity contribution in [1.82, 2.24) is 0 Å². The molecule has 0 aromatic heterocycles. The van der Waals surface area contributed by atoms with E-state index in [-0.39, 0.29) is 0 Å². The molecule has 0 fully saturated rings. The number of amides is 2. The molecule has 0 spiro atoms. The Kier molecular flexibility index (Phi) is 23.3. The molecule has 0 aromatic carbocycles. The van der Waals surface area contributed by atoms with Crippen LogP contribution in [0, 0.1) is 0 Å². The lowest BCUT2D eigenvalue weighted by Crippen LogP contribution is -2.04. The lowest BCUT2D eigenvalue weighted by molar-refractivity contribution is -0.114. The van der Waals surface area contributed by atoms with Crippen LogP contribution in [-0.2, 0) is 13.7 Å². The van der Waals surface area contributed by atoms with Gasteiger partial charge in [0.1, 0.15) is 21.0 Å². The van der Waals surface area contributed by atoms with E-state index < -0.39 is 11.8 Å². The van der Waals surface area contributed by atoms with Crippen molar-refractivity contribution in [2.75, 3.05) is 0 Å². The van der Waals surface area contributed by atoms with Crippen molar-refractivity contribution < 1.29 is 13.7 Å². The molecule has 0 heterocycles. The topological polar surface area (TPSA) is 95.4 Å². The van der Waals surface area contributed by atoms with Gasteiger partial charge in [0.05, 0.1) is 0 Å². The summed E-state index contributed by atoms with van der Waals surface area (Å²) in [6.45, 7) is 6.17. The third-order valence-electron chi connectivity index (χ3n) is 0.402. The first-order valence-corrected chi connectivity index (χ1v) is 4.83.